The average molecular weight is 251 g/mol. The van der Waals surface area contributed by atoms with Crippen LogP contribution < -0.4 is 9.47 Å². The van der Waals surface area contributed by atoms with Crippen LogP contribution in [0.2, 0.25) is 0 Å². The molecule has 18 heavy (non-hydrogen) atoms. The molecule has 0 bridgehead atoms. The van der Waals surface area contributed by atoms with Gasteiger partial charge < -0.3 is 14.7 Å². The number of benzene rings is 1. The fraction of sp³-hybridized carbons (Fsp3) is 0.571. The second kappa shape index (κ2) is 6.07. The molecule has 1 atom stereocenters. The summed E-state index contributed by atoms with van der Waals surface area (Å²) < 4.78 is 10.7. The molecule has 100 valence electrons. The summed E-state index contributed by atoms with van der Waals surface area (Å²) in [5, 5.41) is 11.3. The average Bonchev–Trinajstić information content (AvgIpc) is 2.41. The summed E-state index contributed by atoms with van der Waals surface area (Å²) in [7, 11) is 3.29. The van der Waals surface area contributed by atoms with Crippen molar-refractivity contribution in [3.63, 3.8) is 0 Å². The predicted octanol–water partition coefficient (Wildman–Crippen LogP) is 2.49. The largest absolute Gasteiger partial charge is 0.493 e. The second-order valence-electron chi connectivity index (χ2n) is 4.67. The molecule has 1 fully saturated rings. The smallest absolute Gasteiger partial charge is 0.163 e. The van der Waals surface area contributed by atoms with E-state index in [0.29, 0.717) is 0 Å². The van der Waals surface area contributed by atoms with E-state index in [9.17, 15) is 5.21 Å². The van der Waals surface area contributed by atoms with Gasteiger partial charge in [-0.2, -0.15) is 5.06 Å². The van der Waals surface area contributed by atoms with Crippen LogP contribution in [-0.2, 0) is 6.42 Å². The first-order valence-electron chi connectivity index (χ1n) is 6.41. The van der Waals surface area contributed by atoms with Gasteiger partial charge >= 0.3 is 0 Å². The summed E-state index contributed by atoms with van der Waals surface area (Å²) in [6.07, 6.45) is 4.06. The standard InChI is InChI=1S/C14H21NO3/c1-17-13-8-5-6-11(14(13)18-2)10-12-7-3-4-9-15(12)16/h5-6,8,12,16H,3-4,7,9-10H2,1-2H3. The third kappa shape index (κ3) is 2.76. The van der Waals surface area contributed by atoms with Crippen molar-refractivity contribution in [3.05, 3.63) is 23.8 Å². The third-order valence-corrected chi connectivity index (χ3v) is 3.54. The Morgan fingerprint density at radius 2 is 2.11 bits per heavy atom. The van der Waals surface area contributed by atoms with Crippen LogP contribution in [0.3, 0.4) is 0 Å². The summed E-state index contributed by atoms with van der Waals surface area (Å²) in [6.45, 7) is 0.761. The lowest BCUT2D eigenvalue weighted by Gasteiger charge is -2.30. The van der Waals surface area contributed by atoms with Crippen LogP contribution in [-0.4, -0.2) is 37.1 Å². The molecule has 1 N–H and O–H groups in total. The van der Waals surface area contributed by atoms with E-state index >= 15 is 0 Å². The molecule has 1 aliphatic rings. The Hall–Kier alpha value is -1.26. The van der Waals surface area contributed by atoms with Gasteiger partial charge in [0.05, 0.1) is 14.2 Å². The maximum Gasteiger partial charge on any atom is 0.163 e. The SMILES string of the molecule is COc1cccc(CC2CCCCN2O)c1OC. The van der Waals surface area contributed by atoms with Crippen LogP contribution >= 0.6 is 0 Å². The molecule has 0 saturated carbocycles. The summed E-state index contributed by atoms with van der Waals surface area (Å²) >= 11 is 0. The Kier molecular flexibility index (Phi) is 4.44. The number of methoxy groups -OCH3 is 2. The van der Waals surface area contributed by atoms with E-state index in [1.807, 2.05) is 18.2 Å². The number of rotatable bonds is 4. The van der Waals surface area contributed by atoms with E-state index in [1.165, 1.54) is 11.5 Å². The number of ether oxygens (including phenoxy) is 2. The van der Waals surface area contributed by atoms with Gasteiger partial charge in [-0.3, -0.25) is 0 Å². The molecule has 0 aliphatic carbocycles. The van der Waals surface area contributed by atoms with Gasteiger partial charge in [0, 0.05) is 12.6 Å². The monoisotopic (exact) mass is 251 g/mol. The summed E-state index contributed by atoms with van der Waals surface area (Å²) in [4.78, 5) is 0. The van der Waals surface area contributed by atoms with Gasteiger partial charge in [-0.15, -0.1) is 0 Å². The van der Waals surface area contributed by atoms with Crippen LogP contribution in [0.4, 0.5) is 0 Å². The van der Waals surface area contributed by atoms with Crippen molar-refractivity contribution in [1.29, 1.82) is 0 Å². The predicted molar refractivity (Wildman–Crippen MR) is 69.4 cm³/mol. The molecule has 1 aromatic carbocycles. The Morgan fingerprint density at radius 3 is 2.78 bits per heavy atom. The highest BCUT2D eigenvalue weighted by atomic mass is 16.5. The molecular formula is C14H21NO3. The Balaban J connectivity index is 2.17. The Bertz CT molecular complexity index is 395. The molecule has 1 unspecified atom stereocenters. The molecule has 1 saturated heterocycles. The Morgan fingerprint density at radius 1 is 1.28 bits per heavy atom. The minimum atomic E-state index is 0.180. The summed E-state index contributed by atoms with van der Waals surface area (Å²) in [5.74, 6) is 1.52. The Labute approximate surface area is 108 Å². The van der Waals surface area contributed by atoms with E-state index in [2.05, 4.69) is 0 Å². The molecule has 1 aliphatic heterocycles. The van der Waals surface area contributed by atoms with Crippen molar-refractivity contribution in [2.45, 2.75) is 31.7 Å². The maximum atomic E-state index is 9.88. The van der Waals surface area contributed by atoms with Gasteiger partial charge in [0.15, 0.2) is 11.5 Å². The van der Waals surface area contributed by atoms with Gasteiger partial charge in [-0.25, -0.2) is 0 Å². The van der Waals surface area contributed by atoms with Crippen molar-refractivity contribution in [3.8, 4) is 11.5 Å². The molecule has 4 heteroatoms. The zero-order valence-corrected chi connectivity index (χ0v) is 11.1. The molecule has 0 spiro atoms. The van der Waals surface area contributed by atoms with Crippen LogP contribution in [0.1, 0.15) is 24.8 Å². The second-order valence-corrected chi connectivity index (χ2v) is 4.67. The lowest BCUT2D eigenvalue weighted by Crippen LogP contribution is -2.38. The van der Waals surface area contributed by atoms with Gasteiger partial charge in [-0.05, 0) is 30.9 Å². The highest BCUT2D eigenvalue weighted by molar-refractivity contribution is 5.46. The number of piperidine rings is 1. The topological polar surface area (TPSA) is 41.9 Å². The van der Waals surface area contributed by atoms with E-state index in [-0.39, 0.29) is 6.04 Å². The molecule has 1 heterocycles. The zero-order valence-electron chi connectivity index (χ0n) is 11.1. The molecule has 1 aromatic rings. The first-order valence-corrected chi connectivity index (χ1v) is 6.41. The van der Waals surface area contributed by atoms with Crippen molar-refractivity contribution >= 4 is 0 Å². The number of hydrogen-bond acceptors (Lipinski definition) is 4. The summed E-state index contributed by atoms with van der Waals surface area (Å²) in [6, 6.07) is 6.06. The number of hydrogen-bond donors (Lipinski definition) is 1. The lowest BCUT2D eigenvalue weighted by atomic mass is 9.96. The first kappa shape index (κ1) is 13.2. The van der Waals surface area contributed by atoms with Crippen LogP contribution in [0.5, 0.6) is 11.5 Å². The molecule has 4 nitrogen and oxygen atoms in total. The zero-order chi connectivity index (χ0) is 13.0. The van der Waals surface area contributed by atoms with E-state index in [4.69, 9.17) is 9.47 Å². The maximum absolute atomic E-state index is 9.88. The molecule has 0 amide bonds. The van der Waals surface area contributed by atoms with E-state index in [0.717, 1.165) is 42.9 Å². The quantitative estimate of drug-likeness (QED) is 0.892. The number of para-hydroxylation sites is 1. The van der Waals surface area contributed by atoms with Crippen molar-refractivity contribution in [1.82, 2.24) is 5.06 Å². The van der Waals surface area contributed by atoms with Crippen LogP contribution in [0.15, 0.2) is 18.2 Å². The fourth-order valence-corrected chi connectivity index (χ4v) is 2.56. The molecular weight excluding hydrogens is 230 g/mol. The van der Waals surface area contributed by atoms with Crippen molar-refractivity contribution in [2.75, 3.05) is 20.8 Å². The van der Waals surface area contributed by atoms with Crippen molar-refractivity contribution < 1.29 is 14.7 Å². The molecule has 0 aromatic heterocycles. The minimum Gasteiger partial charge on any atom is -0.493 e. The normalized spacial score (nSPS) is 20.7. The molecule has 0 radical (unpaired) electrons. The number of nitrogens with zero attached hydrogens (tertiary/aromatic N) is 1. The third-order valence-electron chi connectivity index (χ3n) is 3.54. The molecule has 2 rings (SSSR count). The van der Waals surface area contributed by atoms with Crippen LogP contribution in [0, 0.1) is 0 Å². The van der Waals surface area contributed by atoms with Gasteiger partial charge in [0.2, 0.25) is 0 Å². The van der Waals surface area contributed by atoms with E-state index < -0.39 is 0 Å². The van der Waals surface area contributed by atoms with Gasteiger partial charge in [-0.1, -0.05) is 18.6 Å². The first-order chi connectivity index (χ1) is 8.76. The van der Waals surface area contributed by atoms with Gasteiger partial charge in [0.25, 0.3) is 0 Å². The highest BCUT2D eigenvalue weighted by Crippen LogP contribution is 2.32. The van der Waals surface area contributed by atoms with Crippen LogP contribution in [0.25, 0.3) is 0 Å². The summed E-state index contributed by atoms with van der Waals surface area (Å²) in [5.41, 5.74) is 1.09. The highest BCUT2D eigenvalue weighted by Gasteiger charge is 2.23. The number of hydroxylamine groups is 2. The van der Waals surface area contributed by atoms with Crippen molar-refractivity contribution in [2.24, 2.45) is 0 Å². The van der Waals surface area contributed by atoms with E-state index in [1.54, 1.807) is 14.2 Å². The fourth-order valence-electron chi connectivity index (χ4n) is 2.56. The lowest BCUT2D eigenvalue weighted by molar-refractivity contribution is -0.141. The van der Waals surface area contributed by atoms with Gasteiger partial charge in [0.1, 0.15) is 0 Å². The minimum absolute atomic E-state index is 0.180.